The maximum Gasteiger partial charge on any atom is 0.330 e. The van der Waals surface area contributed by atoms with E-state index in [2.05, 4.69) is 48.1 Å². The number of hydrogen-bond acceptors (Lipinski definition) is 2. The van der Waals surface area contributed by atoms with Gasteiger partial charge in [0.1, 0.15) is 0 Å². The van der Waals surface area contributed by atoms with E-state index in [0.717, 1.165) is 16.7 Å². The van der Waals surface area contributed by atoms with Crippen LogP contribution in [0.2, 0.25) is 0 Å². The zero-order valence-electron chi connectivity index (χ0n) is 12.0. The fourth-order valence-corrected chi connectivity index (χ4v) is 2.01. The maximum absolute atomic E-state index is 11.3. The topological polar surface area (TPSA) is 26.3 Å². The fourth-order valence-electron chi connectivity index (χ4n) is 2.01. The van der Waals surface area contributed by atoms with Gasteiger partial charge in [0.05, 0.1) is 7.11 Å². The van der Waals surface area contributed by atoms with Gasteiger partial charge in [0.2, 0.25) is 0 Å². The summed E-state index contributed by atoms with van der Waals surface area (Å²) in [7, 11) is 1.38. The molecule has 2 nitrogen and oxygen atoms in total. The highest BCUT2D eigenvalue weighted by molar-refractivity contribution is 5.91. The van der Waals surface area contributed by atoms with E-state index in [-0.39, 0.29) is 5.97 Å². The van der Waals surface area contributed by atoms with E-state index in [1.165, 1.54) is 24.3 Å². The van der Waals surface area contributed by atoms with Crippen LogP contribution in [0.5, 0.6) is 0 Å². The highest BCUT2D eigenvalue weighted by Crippen LogP contribution is 2.24. The highest BCUT2D eigenvalue weighted by atomic mass is 16.5. The number of methoxy groups -OCH3 is 1. The van der Waals surface area contributed by atoms with Crippen LogP contribution in [0.15, 0.2) is 54.6 Å². The second-order valence-electron chi connectivity index (χ2n) is 4.80. The normalized spacial score (nSPS) is 11.2. The average Bonchev–Trinajstić information content (AvgIpc) is 2.48. The summed E-state index contributed by atoms with van der Waals surface area (Å²) in [5, 5.41) is 0. The average molecular weight is 266 g/mol. The van der Waals surface area contributed by atoms with E-state index in [1.807, 2.05) is 19.1 Å². The molecular weight excluding hydrogens is 248 g/mol. The van der Waals surface area contributed by atoms with Crippen molar-refractivity contribution in [2.45, 2.75) is 13.8 Å². The molecule has 2 aromatic rings. The van der Waals surface area contributed by atoms with Crippen molar-refractivity contribution in [3.63, 3.8) is 0 Å². The smallest absolute Gasteiger partial charge is 0.330 e. The zero-order valence-corrected chi connectivity index (χ0v) is 12.0. The van der Waals surface area contributed by atoms with Gasteiger partial charge < -0.3 is 4.74 Å². The molecule has 2 heteroatoms. The van der Waals surface area contributed by atoms with E-state index >= 15 is 0 Å². The van der Waals surface area contributed by atoms with Crippen LogP contribution in [0.1, 0.15) is 18.1 Å². The lowest BCUT2D eigenvalue weighted by Crippen LogP contribution is -1.95. The van der Waals surface area contributed by atoms with E-state index in [4.69, 9.17) is 0 Å². The molecule has 0 aliphatic heterocycles. The molecule has 0 spiro atoms. The molecule has 0 aliphatic carbocycles. The second-order valence-corrected chi connectivity index (χ2v) is 4.80. The summed E-state index contributed by atoms with van der Waals surface area (Å²) in [6.07, 6.45) is 1.51. The van der Waals surface area contributed by atoms with Gasteiger partial charge >= 0.3 is 5.97 Å². The van der Waals surface area contributed by atoms with Gasteiger partial charge in [-0.1, -0.05) is 48.0 Å². The molecule has 102 valence electrons. The zero-order chi connectivity index (χ0) is 14.5. The quantitative estimate of drug-likeness (QED) is 0.613. The van der Waals surface area contributed by atoms with Crippen molar-refractivity contribution in [1.29, 1.82) is 0 Å². The molecule has 20 heavy (non-hydrogen) atoms. The summed E-state index contributed by atoms with van der Waals surface area (Å²) in [6, 6.07) is 16.5. The number of rotatable bonds is 3. The minimum Gasteiger partial charge on any atom is -0.466 e. The largest absolute Gasteiger partial charge is 0.466 e. The summed E-state index contributed by atoms with van der Waals surface area (Å²) in [5.41, 5.74) is 5.47. The molecule has 0 aliphatic rings. The van der Waals surface area contributed by atoms with Crippen molar-refractivity contribution in [2.75, 3.05) is 7.11 Å². The minimum absolute atomic E-state index is 0.330. The van der Waals surface area contributed by atoms with E-state index < -0.39 is 0 Å². The van der Waals surface area contributed by atoms with Crippen LogP contribution in [0.4, 0.5) is 0 Å². The third-order valence-electron chi connectivity index (χ3n) is 3.24. The minimum atomic E-state index is -0.330. The van der Waals surface area contributed by atoms with Gasteiger partial charge in [-0.25, -0.2) is 4.79 Å². The van der Waals surface area contributed by atoms with Gasteiger partial charge in [0.25, 0.3) is 0 Å². The van der Waals surface area contributed by atoms with Gasteiger partial charge in [-0.15, -0.1) is 0 Å². The van der Waals surface area contributed by atoms with Crippen LogP contribution < -0.4 is 0 Å². The Bertz CT molecular complexity index is 637. The molecule has 0 N–H and O–H groups in total. The van der Waals surface area contributed by atoms with E-state index in [9.17, 15) is 4.79 Å². The number of carbonyl (C=O) groups is 1. The number of hydrogen-bond donors (Lipinski definition) is 0. The molecule has 2 rings (SSSR count). The lowest BCUT2D eigenvalue weighted by molar-refractivity contribution is -0.134. The van der Waals surface area contributed by atoms with E-state index in [0.29, 0.717) is 0 Å². The van der Waals surface area contributed by atoms with Gasteiger partial charge in [-0.2, -0.15) is 0 Å². The summed E-state index contributed by atoms with van der Waals surface area (Å²) < 4.78 is 4.66. The Morgan fingerprint density at radius 3 is 2.40 bits per heavy atom. The molecule has 0 saturated carbocycles. The van der Waals surface area contributed by atoms with Crippen LogP contribution in [-0.2, 0) is 9.53 Å². The molecule has 0 heterocycles. The predicted octanol–water partition coefficient (Wildman–Crippen LogP) is 4.24. The molecule has 0 saturated heterocycles. The molecule has 2 aromatic carbocycles. The SMILES string of the molecule is COC(=O)/C=C(\C)c1cccc(-c2ccc(C)cc2)c1. The van der Waals surface area contributed by atoms with Crippen molar-refractivity contribution in [3.8, 4) is 11.1 Å². The molecular formula is C18H18O2. The van der Waals surface area contributed by atoms with Crippen LogP contribution in [-0.4, -0.2) is 13.1 Å². The summed E-state index contributed by atoms with van der Waals surface area (Å²) in [4.78, 5) is 11.3. The lowest BCUT2D eigenvalue weighted by atomic mass is 9.99. The molecule has 0 fully saturated rings. The van der Waals surface area contributed by atoms with Crippen molar-refractivity contribution in [2.24, 2.45) is 0 Å². The first-order valence-corrected chi connectivity index (χ1v) is 6.54. The third-order valence-corrected chi connectivity index (χ3v) is 3.24. The molecule has 0 amide bonds. The first-order valence-electron chi connectivity index (χ1n) is 6.54. The number of carbonyl (C=O) groups excluding carboxylic acids is 1. The lowest BCUT2D eigenvalue weighted by Gasteiger charge is -2.06. The van der Waals surface area contributed by atoms with Crippen molar-refractivity contribution in [1.82, 2.24) is 0 Å². The van der Waals surface area contributed by atoms with Crippen molar-refractivity contribution >= 4 is 11.5 Å². The first kappa shape index (κ1) is 14.1. The third kappa shape index (κ3) is 3.35. The molecule has 0 bridgehead atoms. The Balaban J connectivity index is 2.35. The molecule has 0 aromatic heterocycles. The number of ether oxygens (including phenoxy) is 1. The Labute approximate surface area is 119 Å². The van der Waals surface area contributed by atoms with Crippen molar-refractivity contribution < 1.29 is 9.53 Å². The number of allylic oxidation sites excluding steroid dienone is 1. The Kier molecular flexibility index (Phi) is 4.36. The predicted molar refractivity (Wildman–Crippen MR) is 82.3 cm³/mol. The maximum atomic E-state index is 11.3. The Morgan fingerprint density at radius 1 is 1.05 bits per heavy atom. The summed E-state index contributed by atoms with van der Waals surface area (Å²) in [5.74, 6) is -0.330. The van der Waals surface area contributed by atoms with Gasteiger partial charge in [0, 0.05) is 6.08 Å². The second kappa shape index (κ2) is 6.20. The van der Waals surface area contributed by atoms with E-state index in [1.54, 1.807) is 0 Å². The van der Waals surface area contributed by atoms with Gasteiger partial charge in [0.15, 0.2) is 0 Å². The Hall–Kier alpha value is -2.35. The van der Waals surface area contributed by atoms with Crippen LogP contribution in [0.3, 0.4) is 0 Å². The van der Waals surface area contributed by atoms with Crippen LogP contribution in [0, 0.1) is 6.92 Å². The van der Waals surface area contributed by atoms with Crippen LogP contribution in [0.25, 0.3) is 16.7 Å². The number of aryl methyl sites for hydroxylation is 1. The number of benzene rings is 2. The molecule has 0 unspecified atom stereocenters. The standard InChI is InChI=1S/C18H18O2/c1-13-7-9-15(10-8-13)17-6-4-5-16(12-17)14(2)11-18(19)20-3/h4-12H,1-3H3/b14-11+. The highest BCUT2D eigenvalue weighted by Gasteiger charge is 2.03. The number of esters is 1. The fraction of sp³-hybridized carbons (Fsp3) is 0.167. The summed E-state index contributed by atoms with van der Waals surface area (Å²) in [6.45, 7) is 3.98. The van der Waals surface area contributed by atoms with Crippen molar-refractivity contribution in [3.05, 3.63) is 65.7 Å². The molecule has 0 radical (unpaired) electrons. The summed E-state index contributed by atoms with van der Waals surface area (Å²) >= 11 is 0. The molecule has 0 atom stereocenters. The first-order chi connectivity index (χ1) is 9.60. The van der Waals surface area contributed by atoms with Gasteiger partial charge in [-0.05, 0) is 42.2 Å². The monoisotopic (exact) mass is 266 g/mol. The van der Waals surface area contributed by atoms with Crippen LogP contribution >= 0.6 is 0 Å². The van der Waals surface area contributed by atoms with Gasteiger partial charge in [-0.3, -0.25) is 0 Å². The Morgan fingerprint density at radius 2 is 1.75 bits per heavy atom.